The number of hydrogen-bond donors (Lipinski definition) is 1. The lowest BCUT2D eigenvalue weighted by molar-refractivity contribution is 0.280. The summed E-state index contributed by atoms with van der Waals surface area (Å²) in [5, 5.41) is 17.6. The third-order valence-corrected chi connectivity index (χ3v) is 2.45. The molecule has 0 fully saturated rings. The maximum Gasteiger partial charge on any atom is 0.140 e. The zero-order valence-corrected chi connectivity index (χ0v) is 9.71. The SMILES string of the molecule is N#Cc1cc(COc2ccc(CO)cc2)ccn1. The molecule has 0 amide bonds. The van der Waals surface area contributed by atoms with Gasteiger partial charge in [-0.1, -0.05) is 12.1 Å². The number of rotatable bonds is 4. The molecular weight excluding hydrogens is 228 g/mol. The molecule has 1 aromatic heterocycles. The maximum atomic E-state index is 8.92. The van der Waals surface area contributed by atoms with Crippen LogP contribution in [0.15, 0.2) is 42.6 Å². The summed E-state index contributed by atoms with van der Waals surface area (Å²) >= 11 is 0. The van der Waals surface area contributed by atoms with Gasteiger partial charge in [0.2, 0.25) is 0 Å². The second kappa shape index (κ2) is 5.80. The summed E-state index contributed by atoms with van der Waals surface area (Å²) in [5.41, 5.74) is 2.12. The van der Waals surface area contributed by atoms with Gasteiger partial charge in [-0.05, 0) is 35.4 Å². The van der Waals surface area contributed by atoms with Gasteiger partial charge < -0.3 is 9.84 Å². The highest BCUT2D eigenvalue weighted by Gasteiger charge is 1.99. The van der Waals surface area contributed by atoms with Gasteiger partial charge in [0.1, 0.15) is 24.1 Å². The van der Waals surface area contributed by atoms with E-state index >= 15 is 0 Å². The van der Waals surface area contributed by atoms with E-state index in [2.05, 4.69) is 4.98 Å². The molecule has 0 saturated carbocycles. The molecular formula is C14H12N2O2. The first kappa shape index (κ1) is 12.1. The second-order valence-corrected chi connectivity index (χ2v) is 3.75. The molecule has 0 aliphatic carbocycles. The van der Waals surface area contributed by atoms with Crippen molar-refractivity contribution >= 4 is 0 Å². The number of nitrogens with zero attached hydrogens (tertiary/aromatic N) is 2. The monoisotopic (exact) mass is 240 g/mol. The van der Waals surface area contributed by atoms with Crippen LogP contribution in [-0.4, -0.2) is 10.1 Å². The molecule has 1 aromatic carbocycles. The van der Waals surface area contributed by atoms with Crippen molar-refractivity contribution in [3.63, 3.8) is 0 Å². The Balaban J connectivity index is 2.00. The predicted molar refractivity (Wildman–Crippen MR) is 65.6 cm³/mol. The molecule has 2 rings (SSSR count). The Morgan fingerprint density at radius 3 is 2.61 bits per heavy atom. The maximum absolute atomic E-state index is 8.92. The van der Waals surface area contributed by atoms with Gasteiger partial charge in [0.05, 0.1) is 6.61 Å². The number of hydrogen-bond acceptors (Lipinski definition) is 4. The average Bonchev–Trinajstić information content (AvgIpc) is 2.46. The van der Waals surface area contributed by atoms with E-state index in [1.165, 1.54) is 0 Å². The Labute approximate surface area is 105 Å². The Hall–Kier alpha value is -2.38. The number of pyridine rings is 1. The van der Waals surface area contributed by atoms with Crippen LogP contribution in [-0.2, 0) is 13.2 Å². The van der Waals surface area contributed by atoms with Crippen molar-refractivity contribution in [2.45, 2.75) is 13.2 Å². The van der Waals surface area contributed by atoms with Crippen LogP contribution >= 0.6 is 0 Å². The first-order chi connectivity index (χ1) is 8.81. The van der Waals surface area contributed by atoms with Crippen molar-refractivity contribution in [3.8, 4) is 11.8 Å². The van der Waals surface area contributed by atoms with Crippen LogP contribution < -0.4 is 4.74 Å². The Kier molecular flexibility index (Phi) is 3.90. The molecule has 0 saturated heterocycles. The summed E-state index contributed by atoms with van der Waals surface area (Å²) in [5.74, 6) is 0.725. The molecule has 0 radical (unpaired) electrons. The fourth-order valence-corrected chi connectivity index (χ4v) is 1.48. The summed E-state index contributed by atoms with van der Waals surface area (Å²) in [4.78, 5) is 3.89. The molecule has 0 spiro atoms. The molecule has 0 aliphatic heterocycles. The van der Waals surface area contributed by atoms with E-state index in [0.717, 1.165) is 16.9 Å². The summed E-state index contributed by atoms with van der Waals surface area (Å²) in [6.45, 7) is 0.409. The number of aliphatic hydroxyl groups excluding tert-OH is 1. The lowest BCUT2D eigenvalue weighted by Gasteiger charge is -2.06. The van der Waals surface area contributed by atoms with Crippen LogP contribution in [0.2, 0.25) is 0 Å². The first-order valence-electron chi connectivity index (χ1n) is 5.49. The van der Waals surface area contributed by atoms with Gasteiger partial charge in [-0.15, -0.1) is 0 Å². The summed E-state index contributed by atoms with van der Waals surface area (Å²) in [6, 6.07) is 12.7. The number of benzene rings is 1. The van der Waals surface area contributed by atoms with Crippen LogP contribution in [0, 0.1) is 11.3 Å². The lowest BCUT2D eigenvalue weighted by atomic mass is 10.2. The Morgan fingerprint density at radius 1 is 1.17 bits per heavy atom. The number of ether oxygens (including phenoxy) is 1. The van der Waals surface area contributed by atoms with Crippen molar-refractivity contribution in [2.24, 2.45) is 0 Å². The largest absolute Gasteiger partial charge is 0.489 e. The normalized spacial score (nSPS) is 9.78. The minimum absolute atomic E-state index is 0.0240. The fraction of sp³-hybridized carbons (Fsp3) is 0.143. The topological polar surface area (TPSA) is 66.1 Å². The zero-order chi connectivity index (χ0) is 12.8. The molecule has 2 aromatic rings. The molecule has 0 unspecified atom stereocenters. The molecule has 90 valence electrons. The van der Waals surface area contributed by atoms with E-state index in [0.29, 0.717) is 12.3 Å². The zero-order valence-electron chi connectivity index (χ0n) is 9.71. The molecule has 4 heteroatoms. The average molecular weight is 240 g/mol. The number of aromatic nitrogens is 1. The van der Waals surface area contributed by atoms with Crippen molar-refractivity contribution < 1.29 is 9.84 Å². The lowest BCUT2D eigenvalue weighted by Crippen LogP contribution is -1.97. The van der Waals surface area contributed by atoms with E-state index in [9.17, 15) is 0 Å². The molecule has 18 heavy (non-hydrogen) atoms. The van der Waals surface area contributed by atoms with Crippen LogP contribution in [0.1, 0.15) is 16.8 Å². The van der Waals surface area contributed by atoms with E-state index < -0.39 is 0 Å². The summed E-state index contributed by atoms with van der Waals surface area (Å²) in [6.07, 6.45) is 1.59. The molecule has 1 N–H and O–H groups in total. The van der Waals surface area contributed by atoms with Crippen molar-refractivity contribution in [1.82, 2.24) is 4.98 Å². The Morgan fingerprint density at radius 2 is 1.94 bits per heavy atom. The quantitative estimate of drug-likeness (QED) is 0.887. The molecule has 1 heterocycles. The van der Waals surface area contributed by atoms with Gasteiger partial charge >= 0.3 is 0 Å². The van der Waals surface area contributed by atoms with Crippen LogP contribution in [0.3, 0.4) is 0 Å². The van der Waals surface area contributed by atoms with E-state index in [1.807, 2.05) is 24.3 Å². The molecule has 0 atom stereocenters. The summed E-state index contributed by atoms with van der Waals surface area (Å²) < 4.78 is 5.57. The van der Waals surface area contributed by atoms with E-state index in [-0.39, 0.29) is 6.61 Å². The second-order valence-electron chi connectivity index (χ2n) is 3.75. The van der Waals surface area contributed by atoms with Gasteiger partial charge in [-0.3, -0.25) is 0 Å². The third kappa shape index (κ3) is 3.06. The van der Waals surface area contributed by atoms with E-state index in [1.54, 1.807) is 24.4 Å². The third-order valence-electron chi connectivity index (χ3n) is 2.45. The number of aliphatic hydroxyl groups is 1. The highest BCUT2D eigenvalue weighted by Crippen LogP contribution is 2.14. The summed E-state index contributed by atoms with van der Waals surface area (Å²) in [7, 11) is 0. The minimum atomic E-state index is 0.0240. The smallest absolute Gasteiger partial charge is 0.140 e. The minimum Gasteiger partial charge on any atom is -0.489 e. The molecule has 4 nitrogen and oxygen atoms in total. The highest BCUT2D eigenvalue weighted by atomic mass is 16.5. The van der Waals surface area contributed by atoms with Gasteiger partial charge in [0.15, 0.2) is 0 Å². The highest BCUT2D eigenvalue weighted by molar-refractivity contribution is 5.28. The van der Waals surface area contributed by atoms with Gasteiger partial charge in [-0.2, -0.15) is 5.26 Å². The molecule has 0 aliphatic rings. The predicted octanol–water partition coefficient (Wildman–Crippen LogP) is 2.02. The van der Waals surface area contributed by atoms with E-state index in [4.69, 9.17) is 15.1 Å². The standard InChI is InChI=1S/C14H12N2O2/c15-8-13-7-12(5-6-16-13)10-18-14-3-1-11(9-17)2-4-14/h1-7,17H,9-10H2. The van der Waals surface area contributed by atoms with Crippen LogP contribution in [0.4, 0.5) is 0 Å². The molecule has 0 bridgehead atoms. The fourth-order valence-electron chi connectivity index (χ4n) is 1.48. The van der Waals surface area contributed by atoms with Crippen molar-refractivity contribution in [3.05, 3.63) is 59.4 Å². The number of nitriles is 1. The van der Waals surface area contributed by atoms with Crippen molar-refractivity contribution in [2.75, 3.05) is 0 Å². The van der Waals surface area contributed by atoms with Gasteiger partial charge in [0, 0.05) is 6.20 Å². The van der Waals surface area contributed by atoms with Crippen LogP contribution in [0.25, 0.3) is 0 Å². The van der Waals surface area contributed by atoms with Gasteiger partial charge in [-0.25, -0.2) is 4.98 Å². The van der Waals surface area contributed by atoms with Crippen molar-refractivity contribution in [1.29, 1.82) is 5.26 Å². The first-order valence-corrected chi connectivity index (χ1v) is 5.49. The Bertz CT molecular complexity index is 559. The van der Waals surface area contributed by atoms with Crippen LogP contribution in [0.5, 0.6) is 5.75 Å². The van der Waals surface area contributed by atoms with Gasteiger partial charge in [0.25, 0.3) is 0 Å².